The predicted molar refractivity (Wildman–Crippen MR) is 457 cm³/mol. The Labute approximate surface area is 643 Å². The first-order valence-corrected chi connectivity index (χ1v) is 37.5. The van der Waals surface area contributed by atoms with E-state index in [1.54, 1.807) is 0 Å². The fraction of sp³-hybridized carbons (Fsp3) is 0. The van der Waals surface area contributed by atoms with Gasteiger partial charge in [-0.2, -0.15) is 0 Å². The Morgan fingerprint density at radius 1 is 0.170 bits per heavy atom. The Balaban J connectivity index is 0.000000141. The molecule has 0 radical (unpaired) electrons. The third-order valence-corrected chi connectivity index (χ3v) is 21.3. The zero-order valence-electron chi connectivity index (χ0n) is 60.3. The molecule has 0 fully saturated rings. The van der Waals surface area contributed by atoms with E-state index < -0.39 is 0 Å². The monoisotopic (exact) mass is 1430 g/mol. The van der Waals surface area contributed by atoms with Gasteiger partial charge >= 0.3 is 0 Å². The van der Waals surface area contributed by atoms with Crippen molar-refractivity contribution >= 4 is 87.5 Å². The third kappa shape index (κ3) is 11.7. The first kappa shape index (κ1) is 65.1. The lowest BCUT2D eigenvalue weighted by molar-refractivity contribution is 0.669. The molecule has 22 aromatic rings. The minimum Gasteiger partial charge on any atom is -0.455 e. The lowest BCUT2D eigenvalue weighted by Gasteiger charge is -2.12. The van der Waals surface area contributed by atoms with Crippen LogP contribution in [0.3, 0.4) is 0 Å². The summed E-state index contributed by atoms with van der Waals surface area (Å²) in [6.45, 7) is 0. The average molecular weight is 1430 g/mol. The van der Waals surface area contributed by atoms with E-state index in [1.165, 1.54) is 21.5 Å². The molecule has 10 heteroatoms. The van der Waals surface area contributed by atoms with E-state index in [0.717, 1.165) is 155 Å². The Morgan fingerprint density at radius 2 is 0.473 bits per heavy atom. The second-order valence-electron chi connectivity index (χ2n) is 28.1. The van der Waals surface area contributed by atoms with Crippen molar-refractivity contribution in [2.45, 2.75) is 0 Å². The largest absolute Gasteiger partial charge is 0.455 e. The summed E-state index contributed by atoms with van der Waals surface area (Å²) in [7, 11) is 0. The molecule has 0 saturated carbocycles. The standard InChI is InChI=1S/2C51H32N4O/c1-3-13-34(14-4-1)49-52-50(35-15-5-2-6-16-35)54-51(53-49)38-18-11-17-36(31-38)33-25-28-39(29-26-33)55-45-23-9-7-19-41(45)42-30-27-37(32-46(42)55)40-21-12-22-44-43-20-8-10-24-47(43)56-48(40)44;1-3-13-34(14-4-1)49-52-50(35-15-5-2-6-16-35)54-51(53-49)36-27-25-33(26-28-36)37-17-11-18-39(31-37)55-45-23-9-7-19-41(45)42-30-29-38(32-46(42)55)40-21-12-22-44-43-20-8-10-24-47(43)56-48(40)44/h2*1-32H. The fourth-order valence-electron chi connectivity index (χ4n) is 15.9. The highest BCUT2D eigenvalue weighted by atomic mass is 16.3. The molecule has 0 aliphatic heterocycles. The fourth-order valence-corrected chi connectivity index (χ4v) is 15.9. The molecule has 6 aromatic heterocycles. The number of furan rings is 2. The van der Waals surface area contributed by atoms with Crippen molar-refractivity contribution in [3.05, 3.63) is 388 Å². The van der Waals surface area contributed by atoms with Crippen LogP contribution in [0.1, 0.15) is 0 Å². The van der Waals surface area contributed by atoms with Crippen molar-refractivity contribution in [1.82, 2.24) is 39.0 Å². The summed E-state index contributed by atoms with van der Waals surface area (Å²) < 4.78 is 17.7. The van der Waals surface area contributed by atoms with Gasteiger partial charge in [0.2, 0.25) is 0 Å². The van der Waals surface area contributed by atoms with Crippen LogP contribution in [-0.2, 0) is 0 Å². The summed E-state index contributed by atoms with van der Waals surface area (Å²) in [6.07, 6.45) is 0. The van der Waals surface area contributed by atoms with Crippen molar-refractivity contribution in [2.24, 2.45) is 0 Å². The van der Waals surface area contributed by atoms with Crippen molar-refractivity contribution in [3.8, 4) is 124 Å². The molecule has 6 heterocycles. The molecule has 0 unspecified atom stereocenters. The summed E-state index contributed by atoms with van der Waals surface area (Å²) in [6, 6.07) is 135. The normalized spacial score (nSPS) is 11.6. The zero-order valence-corrected chi connectivity index (χ0v) is 60.3. The van der Waals surface area contributed by atoms with Crippen LogP contribution in [0.5, 0.6) is 0 Å². The van der Waals surface area contributed by atoms with Crippen molar-refractivity contribution < 1.29 is 8.83 Å². The topological polar surface area (TPSA) is 113 Å². The first-order valence-electron chi connectivity index (χ1n) is 37.5. The van der Waals surface area contributed by atoms with Crippen LogP contribution < -0.4 is 0 Å². The minimum absolute atomic E-state index is 0.635. The van der Waals surface area contributed by atoms with E-state index in [4.69, 9.17) is 38.7 Å². The quantitative estimate of drug-likeness (QED) is 0.119. The van der Waals surface area contributed by atoms with E-state index in [-0.39, 0.29) is 0 Å². The maximum Gasteiger partial charge on any atom is 0.164 e. The molecule has 524 valence electrons. The predicted octanol–water partition coefficient (Wildman–Crippen LogP) is 26.4. The van der Waals surface area contributed by atoms with Crippen molar-refractivity contribution in [3.63, 3.8) is 0 Å². The second kappa shape index (κ2) is 27.5. The number of rotatable bonds is 12. The Bertz CT molecular complexity index is 7240. The van der Waals surface area contributed by atoms with Gasteiger partial charge in [0.25, 0.3) is 0 Å². The summed E-state index contributed by atoms with van der Waals surface area (Å²) in [5, 5.41) is 9.36. The number of fused-ring (bicyclic) bond motifs is 12. The van der Waals surface area contributed by atoms with E-state index in [1.807, 2.05) is 146 Å². The molecule has 0 bridgehead atoms. The molecule has 112 heavy (non-hydrogen) atoms. The molecule has 0 aliphatic carbocycles. The van der Waals surface area contributed by atoms with E-state index in [0.29, 0.717) is 34.9 Å². The number of hydrogen-bond acceptors (Lipinski definition) is 8. The summed E-state index contributed by atoms with van der Waals surface area (Å²) in [5.74, 6) is 3.86. The SMILES string of the molecule is c1ccc(-c2nc(-c3ccccc3)nc(-c3ccc(-c4cccc(-n5c6ccccc6c6ccc(-c7cccc8c7oc7ccccc78)cc65)c4)cc3)n2)cc1.c1ccc(-c2nc(-c3ccccc3)nc(-c3cccc(-c4ccc(-n5c6ccccc6c6ccc(-c7cccc8c7oc7ccccc78)cc65)cc4)c3)n2)cc1. The Morgan fingerprint density at radius 3 is 0.929 bits per heavy atom. The number of nitrogens with zero attached hydrogens (tertiary/aromatic N) is 8. The molecule has 0 N–H and O–H groups in total. The molecule has 16 aromatic carbocycles. The summed E-state index contributed by atoms with van der Waals surface area (Å²) >= 11 is 0. The first-order chi connectivity index (χ1) is 55.5. The molecule has 22 rings (SSSR count). The van der Waals surface area contributed by atoms with Gasteiger partial charge in [0.1, 0.15) is 22.3 Å². The third-order valence-electron chi connectivity index (χ3n) is 21.3. The van der Waals surface area contributed by atoms with Crippen LogP contribution >= 0.6 is 0 Å². The van der Waals surface area contributed by atoms with Crippen LogP contribution in [0.25, 0.3) is 212 Å². The lowest BCUT2D eigenvalue weighted by Crippen LogP contribution is -2.00. The molecule has 0 amide bonds. The van der Waals surface area contributed by atoms with Gasteiger partial charge in [0.15, 0.2) is 34.9 Å². The molecule has 0 atom stereocenters. The highest BCUT2D eigenvalue weighted by Crippen LogP contribution is 2.43. The Kier molecular flexibility index (Phi) is 16.0. The van der Waals surface area contributed by atoms with Crippen molar-refractivity contribution in [2.75, 3.05) is 0 Å². The molecular formula is C102H64N8O2. The lowest BCUT2D eigenvalue weighted by atomic mass is 10.0. The highest BCUT2D eigenvalue weighted by molar-refractivity contribution is 6.15. The van der Waals surface area contributed by atoms with Crippen LogP contribution in [-0.4, -0.2) is 39.0 Å². The Hall–Kier alpha value is -15.3. The average Bonchev–Trinajstić information content (AvgIpc) is 1.59. The van der Waals surface area contributed by atoms with E-state index >= 15 is 0 Å². The van der Waals surface area contributed by atoms with Crippen LogP contribution in [0.15, 0.2) is 397 Å². The van der Waals surface area contributed by atoms with Crippen molar-refractivity contribution in [1.29, 1.82) is 0 Å². The molecule has 0 saturated heterocycles. The van der Waals surface area contributed by atoms with Crippen LogP contribution in [0.2, 0.25) is 0 Å². The smallest absolute Gasteiger partial charge is 0.164 e. The summed E-state index contributed by atoms with van der Waals surface area (Å²) in [4.78, 5) is 29.5. The molecule has 0 spiro atoms. The summed E-state index contributed by atoms with van der Waals surface area (Å²) in [5.41, 5.74) is 24.9. The van der Waals surface area contributed by atoms with E-state index in [2.05, 4.69) is 252 Å². The number of para-hydroxylation sites is 6. The van der Waals surface area contributed by atoms with Gasteiger partial charge in [-0.1, -0.05) is 322 Å². The minimum atomic E-state index is 0.635. The second-order valence-corrected chi connectivity index (χ2v) is 28.1. The molecule has 10 nitrogen and oxygen atoms in total. The van der Waals surface area contributed by atoms with Gasteiger partial charge in [-0.3, -0.25) is 0 Å². The number of aromatic nitrogens is 8. The van der Waals surface area contributed by atoms with Crippen LogP contribution in [0, 0.1) is 0 Å². The van der Waals surface area contributed by atoms with Crippen LogP contribution in [0.4, 0.5) is 0 Å². The number of hydrogen-bond donors (Lipinski definition) is 0. The highest BCUT2D eigenvalue weighted by Gasteiger charge is 2.22. The number of benzene rings is 16. The van der Waals surface area contributed by atoms with E-state index in [9.17, 15) is 0 Å². The molecule has 0 aliphatic rings. The molecular weight excluding hydrogens is 1370 g/mol. The van der Waals surface area contributed by atoms with Gasteiger partial charge in [-0.15, -0.1) is 0 Å². The van der Waals surface area contributed by atoms with Gasteiger partial charge < -0.3 is 18.0 Å². The van der Waals surface area contributed by atoms with Gasteiger partial charge in [0, 0.05) is 99.0 Å². The zero-order chi connectivity index (χ0) is 74.0. The maximum atomic E-state index is 6.46. The van der Waals surface area contributed by atoms with Gasteiger partial charge in [-0.25, -0.2) is 29.9 Å². The van der Waals surface area contributed by atoms with Gasteiger partial charge in [-0.05, 0) is 100 Å². The maximum absolute atomic E-state index is 6.46. The van der Waals surface area contributed by atoms with Gasteiger partial charge in [0.05, 0.1) is 22.1 Å².